The van der Waals surface area contributed by atoms with E-state index >= 15 is 0 Å². The van der Waals surface area contributed by atoms with E-state index in [1.165, 1.54) is 69.1 Å². The third kappa shape index (κ3) is 16.1. The summed E-state index contributed by atoms with van der Waals surface area (Å²) < 4.78 is 0. The summed E-state index contributed by atoms with van der Waals surface area (Å²) in [4.78, 5) is 1.33. The molecule has 0 aliphatic rings. The highest BCUT2D eigenvalue weighted by molar-refractivity contribution is 4.49. The monoisotopic (exact) mass is 302 g/mol. The van der Waals surface area contributed by atoms with Crippen LogP contribution in [0.3, 0.4) is 0 Å². The van der Waals surface area contributed by atoms with E-state index in [-0.39, 0.29) is 12.2 Å². The van der Waals surface area contributed by atoms with E-state index in [4.69, 9.17) is 0 Å². The Labute approximate surface area is 132 Å². The van der Waals surface area contributed by atoms with Crippen molar-refractivity contribution in [3.63, 3.8) is 0 Å². The molecule has 0 heterocycles. The van der Waals surface area contributed by atoms with Gasteiger partial charge in [-0.2, -0.15) is 0 Å². The highest BCUT2D eigenvalue weighted by atomic mass is 16.3. The first-order valence-corrected chi connectivity index (χ1v) is 9.26. The Morgan fingerprint density at radius 3 is 1.43 bits per heavy atom. The minimum absolute atomic E-state index is 0.276. The minimum atomic E-state index is -0.276. The van der Waals surface area contributed by atoms with Crippen molar-refractivity contribution in [1.29, 1.82) is 0 Å². The van der Waals surface area contributed by atoms with Gasteiger partial charge in [0.1, 0.15) is 25.3 Å². The van der Waals surface area contributed by atoms with Gasteiger partial charge < -0.3 is 15.1 Å². The second-order valence-electron chi connectivity index (χ2n) is 6.79. The van der Waals surface area contributed by atoms with E-state index in [9.17, 15) is 10.2 Å². The zero-order chi connectivity index (χ0) is 15.9. The normalized spacial score (nSPS) is 15.9. The standard InChI is InChI=1S/C18H39NO2/c1-4-5-6-7-8-9-10-11-12-13-14-19(15-17(2)20)16-18(3)21/h17-18,20-21H,4-16H2,1-3H3/p+1. The van der Waals surface area contributed by atoms with Crippen LogP contribution in [0.2, 0.25) is 0 Å². The molecule has 0 aliphatic carbocycles. The van der Waals surface area contributed by atoms with Crippen LogP contribution >= 0.6 is 0 Å². The average Bonchev–Trinajstić information content (AvgIpc) is 2.39. The van der Waals surface area contributed by atoms with Gasteiger partial charge in [0.25, 0.3) is 0 Å². The molecule has 0 aromatic heterocycles. The largest absolute Gasteiger partial charge is 0.388 e. The van der Waals surface area contributed by atoms with Crippen LogP contribution in [0.4, 0.5) is 0 Å². The summed E-state index contributed by atoms with van der Waals surface area (Å²) in [5.41, 5.74) is 0. The number of aliphatic hydroxyl groups excluding tert-OH is 2. The molecule has 0 aromatic rings. The first-order valence-electron chi connectivity index (χ1n) is 9.26. The first kappa shape index (κ1) is 20.9. The second kappa shape index (κ2) is 14.8. The minimum Gasteiger partial charge on any atom is -0.388 e. The zero-order valence-electron chi connectivity index (χ0n) is 14.7. The van der Waals surface area contributed by atoms with Crippen LogP contribution in [-0.4, -0.2) is 42.1 Å². The fraction of sp³-hybridized carbons (Fsp3) is 1.00. The van der Waals surface area contributed by atoms with Crippen LogP contribution in [-0.2, 0) is 0 Å². The lowest BCUT2D eigenvalue weighted by Gasteiger charge is -2.22. The molecule has 2 atom stereocenters. The van der Waals surface area contributed by atoms with Crippen LogP contribution in [0.1, 0.15) is 85.0 Å². The lowest BCUT2D eigenvalue weighted by Crippen LogP contribution is -3.14. The molecule has 0 radical (unpaired) electrons. The number of quaternary nitrogens is 1. The number of unbranched alkanes of at least 4 members (excludes halogenated alkanes) is 9. The molecular weight excluding hydrogens is 262 g/mol. The fourth-order valence-electron chi connectivity index (χ4n) is 2.99. The predicted molar refractivity (Wildman–Crippen MR) is 90.8 cm³/mol. The Hall–Kier alpha value is -0.120. The molecule has 0 rings (SSSR count). The highest BCUT2D eigenvalue weighted by Crippen LogP contribution is 2.09. The number of aliphatic hydroxyl groups is 2. The second-order valence-corrected chi connectivity index (χ2v) is 6.79. The Morgan fingerprint density at radius 1 is 0.667 bits per heavy atom. The zero-order valence-corrected chi connectivity index (χ0v) is 14.7. The first-order chi connectivity index (χ1) is 10.1. The van der Waals surface area contributed by atoms with E-state index in [0.29, 0.717) is 0 Å². The molecule has 128 valence electrons. The van der Waals surface area contributed by atoms with Gasteiger partial charge in [0, 0.05) is 0 Å². The summed E-state index contributed by atoms with van der Waals surface area (Å²) >= 11 is 0. The molecule has 0 spiro atoms. The Kier molecular flexibility index (Phi) is 14.7. The van der Waals surface area contributed by atoms with E-state index < -0.39 is 0 Å². The molecule has 0 aliphatic heterocycles. The summed E-state index contributed by atoms with van der Waals surface area (Å²) in [6.45, 7) is 8.51. The summed E-state index contributed by atoms with van der Waals surface area (Å²) in [5, 5.41) is 19.0. The number of rotatable bonds is 15. The molecular formula is C18H40NO2+. The summed E-state index contributed by atoms with van der Waals surface area (Å²) in [5.74, 6) is 0. The van der Waals surface area contributed by atoms with Crippen LogP contribution in [0.5, 0.6) is 0 Å². The maximum absolute atomic E-state index is 9.49. The van der Waals surface area contributed by atoms with Crippen LogP contribution in [0.15, 0.2) is 0 Å². The summed E-state index contributed by atoms with van der Waals surface area (Å²) in [6.07, 6.45) is 13.0. The number of hydrogen-bond acceptors (Lipinski definition) is 2. The van der Waals surface area contributed by atoms with E-state index in [0.717, 1.165) is 19.6 Å². The van der Waals surface area contributed by atoms with Gasteiger partial charge in [-0.05, 0) is 26.7 Å². The van der Waals surface area contributed by atoms with Gasteiger partial charge in [0.2, 0.25) is 0 Å². The van der Waals surface area contributed by atoms with Crippen molar-refractivity contribution in [3.8, 4) is 0 Å². The smallest absolute Gasteiger partial charge is 0.103 e. The topological polar surface area (TPSA) is 44.9 Å². The van der Waals surface area contributed by atoms with Gasteiger partial charge in [-0.25, -0.2) is 0 Å². The van der Waals surface area contributed by atoms with E-state index in [1.807, 2.05) is 13.8 Å². The molecule has 0 aromatic carbocycles. The molecule has 2 unspecified atom stereocenters. The van der Waals surface area contributed by atoms with E-state index in [2.05, 4.69) is 6.92 Å². The molecule has 0 saturated carbocycles. The maximum Gasteiger partial charge on any atom is 0.103 e. The molecule has 21 heavy (non-hydrogen) atoms. The molecule has 0 fully saturated rings. The predicted octanol–water partition coefficient (Wildman–Crippen LogP) is 2.55. The SMILES string of the molecule is CCCCCCCCCCCC[NH+](CC(C)O)CC(C)O. The molecule has 3 heteroatoms. The lowest BCUT2D eigenvalue weighted by atomic mass is 10.1. The third-order valence-electron chi connectivity index (χ3n) is 4.05. The molecule has 0 saturated heterocycles. The highest BCUT2D eigenvalue weighted by Gasteiger charge is 2.13. The average molecular weight is 303 g/mol. The molecule has 3 nitrogen and oxygen atoms in total. The molecule has 0 amide bonds. The fourth-order valence-corrected chi connectivity index (χ4v) is 2.99. The van der Waals surface area contributed by atoms with Crippen molar-refractivity contribution in [2.45, 2.75) is 97.2 Å². The van der Waals surface area contributed by atoms with Gasteiger partial charge in [0.15, 0.2) is 0 Å². The Morgan fingerprint density at radius 2 is 1.05 bits per heavy atom. The van der Waals surface area contributed by atoms with Crippen molar-refractivity contribution in [3.05, 3.63) is 0 Å². The van der Waals surface area contributed by atoms with E-state index in [1.54, 1.807) is 0 Å². The van der Waals surface area contributed by atoms with Crippen molar-refractivity contribution < 1.29 is 15.1 Å². The number of hydrogen-bond donors (Lipinski definition) is 3. The summed E-state index contributed by atoms with van der Waals surface area (Å²) in [6, 6.07) is 0. The van der Waals surface area contributed by atoms with Gasteiger partial charge in [-0.3, -0.25) is 0 Å². The lowest BCUT2D eigenvalue weighted by molar-refractivity contribution is -0.906. The van der Waals surface area contributed by atoms with Crippen LogP contribution < -0.4 is 4.90 Å². The Bertz CT molecular complexity index is 197. The van der Waals surface area contributed by atoms with Gasteiger partial charge in [-0.1, -0.05) is 58.3 Å². The van der Waals surface area contributed by atoms with Crippen molar-refractivity contribution >= 4 is 0 Å². The van der Waals surface area contributed by atoms with Crippen molar-refractivity contribution in [2.24, 2.45) is 0 Å². The Balaban J connectivity index is 3.44. The molecule has 3 N–H and O–H groups in total. The maximum atomic E-state index is 9.49. The van der Waals surface area contributed by atoms with Crippen molar-refractivity contribution in [2.75, 3.05) is 19.6 Å². The van der Waals surface area contributed by atoms with Gasteiger partial charge in [-0.15, -0.1) is 0 Å². The molecule has 0 bridgehead atoms. The number of nitrogens with one attached hydrogen (secondary N) is 1. The summed E-state index contributed by atoms with van der Waals surface area (Å²) in [7, 11) is 0. The van der Waals surface area contributed by atoms with Gasteiger partial charge in [0.05, 0.1) is 6.54 Å². The van der Waals surface area contributed by atoms with Crippen LogP contribution in [0, 0.1) is 0 Å². The van der Waals surface area contributed by atoms with Gasteiger partial charge >= 0.3 is 0 Å². The van der Waals surface area contributed by atoms with Crippen LogP contribution in [0.25, 0.3) is 0 Å². The van der Waals surface area contributed by atoms with Crippen molar-refractivity contribution in [1.82, 2.24) is 0 Å². The third-order valence-corrected chi connectivity index (χ3v) is 4.05. The quantitative estimate of drug-likeness (QED) is 0.407.